The van der Waals surface area contributed by atoms with Crippen LogP contribution >= 0.6 is 0 Å². The zero-order chi connectivity index (χ0) is 32.4. The molecule has 0 spiro atoms. The summed E-state index contributed by atoms with van der Waals surface area (Å²) in [5.41, 5.74) is 1.34. The van der Waals surface area contributed by atoms with Crippen LogP contribution in [0.5, 0.6) is 0 Å². The first-order valence-electron chi connectivity index (χ1n) is 15.2. The second kappa shape index (κ2) is 11.0. The van der Waals surface area contributed by atoms with Gasteiger partial charge in [-0.15, -0.1) is 0 Å². The van der Waals surface area contributed by atoms with Crippen molar-refractivity contribution in [3.63, 3.8) is 0 Å². The molecule has 240 valence electrons. The van der Waals surface area contributed by atoms with Crippen molar-refractivity contribution in [1.82, 2.24) is 28.9 Å². The van der Waals surface area contributed by atoms with Gasteiger partial charge in [0.05, 0.1) is 28.6 Å². The molecule has 1 aromatic carbocycles. The van der Waals surface area contributed by atoms with Crippen molar-refractivity contribution < 1.29 is 26.7 Å². The van der Waals surface area contributed by atoms with Gasteiger partial charge in [0.15, 0.2) is 10.8 Å². The first-order valence-corrected chi connectivity index (χ1v) is 16.7. The van der Waals surface area contributed by atoms with Crippen molar-refractivity contribution >= 4 is 21.9 Å². The quantitative estimate of drug-likeness (QED) is 0.250. The number of ketones is 1. The van der Waals surface area contributed by atoms with Crippen LogP contribution < -0.4 is 0 Å². The van der Waals surface area contributed by atoms with E-state index in [-0.39, 0.29) is 41.2 Å². The summed E-state index contributed by atoms with van der Waals surface area (Å²) in [5, 5.41) is 8.77. The van der Waals surface area contributed by atoms with E-state index in [1.165, 1.54) is 35.1 Å². The van der Waals surface area contributed by atoms with Crippen molar-refractivity contribution in [3.8, 4) is 5.69 Å². The maximum absolute atomic E-state index is 14.6. The highest BCUT2D eigenvalue weighted by Crippen LogP contribution is 2.53. The maximum Gasteiger partial charge on any atom is 0.262 e. The molecule has 3 aliphatic rings. The van der Waals surface area contributed by atoms with Gasteiger partial charge in [-0.2, -0.15) is 14.5 Å². The maximum atomic E-state index is 14.6. The van der Waals surface area contributed by atoms with E-state index in [4.69, 9.17) is 4.74 Å². The Labute approximate surface area is 265 Å². The Bertz CT molecular complexity index is 1970. The Morgan fingerprint density at radius 3 is 2.50 bits per heavy atom. The van der Waals surface area contributed by atoms with Crippen LogP contribution in [0.25, 0.3) is 11.8 Å². The number of hydrogen-bond donors (Lipinski definition) is 0. The molecule has 0 radical (unpaired) electrons. The van der Waals surface area contributed by atoms with Crippen LogP contribution in [0.15, 0.2) is 71.7 Å². The van der Waals surface area contributed by atoms with Crippen LogP contribution in [0.1, 0.15) is 60.8 Å². The second-order valence-corrected chi connectivity index (χ2v) is 14.6. The molecule has 3 heterocycles. The third-order valence-corrected chi connectivity index (χ3v) is 11.8. The van der Waals surface area contributed by atoms with E-state index < -0.39 is 32.9 Å². The number of allylic oxidation sites excluding steroid dienone is 1. The van der Waals surface area contributed by atoms with Crippen LogP contribution in [0.2, 0.25) is 0 Å². The number of ether oxygens (including phenoxy) is 1. The van der Waals surface area contributed by atoms with Crippen molar-refractivity contribution in [1.29, 1.82) is 0 Å². The van der Waals surface area contributed by atoms with Gasteiger partial charge < -0.3 is 4.74 Å². The summed E-state index contributed by atoms with van der Waals surface area (Å²) in [4.78, 5) is 18.8. The lowest BCUT2D eigenvalue weighted by Crippen LogP contribution is -2.61. The zero-order valence-corrected chi connectivity index (χ0v) is 26.5. The van der Waals surface area contributed by atoms with E-state index in [0.717, 1.165) is 22.9 Å². The normalized spacial score (nSPS) is 25.8. The fourth-order valence-corrected chi connectivity index (χ4v) is 9.27. The molecule has 46 heavy (non-hydrogen) atoms. The molecule has 0 unspecified atom stereocenters. The summed E-state index contributed by atoms with van der Waals surface area (Å²) < 4.78 is 67.2. The summed E-state index contributed by atoms with van der Waals surface area (Å²) in [7, 11) is -0.777. The molecule has 3 aromatic heterocycles. The molecular weight excluding hydrogens is 614 g/mol. The van der Waals surface area contributed by atoms with Gasteiger partial charge in [-0.05, 0) is 93.5 Å². The fraction of sp³-hybridized carbons (Fsp3) is 0.394. The minimum absolute atomic E-state index is 0.0179. The SMILES string of the molecule is CO[C@]1(C)C[C@H](N([C@H]2CCC3=Cc4c(cnn4-c4ccc(F)cc4)C[C@]3(C(=O)c3cc(F)ccn3)C2)S(=O)(=O)c2ccn(C)n2)C1. The molecule has 13 heteroatoms. The van der Waals surface area contributed by atoms with Gasteiger partial charge in [0.1, 0.15) is 17.3 Å². The minimum atomic E-state index is -4.06. The summed E-state index contributed by atoms with van der Waals surface area (Å²) in [5.74, 6) is -1.31. The number of benzene rings is 1. The molecule has 0 bridgehead atoms. The molecule has 2 fully saturated rings. The third-order valence-electron chi connectivity index (χ3n) is 9.87. The summed E-state index contributed by atoms with van der Waals surface area (Å²) >= 11 is 0. The predicted molar refractivity (Wildman–Crippen MR) is 164 cm³/mol. The summed E-state index contributed by atoms with van der Waals surface area (Å²) in [6, 6.07) is 8.88. The zero-order valence-electron chi connectivity index (χ0n) is 25.7. The number of methoxy groups -OCH3 is 1. The molecule has 10 nitrogen and oxygen atoms in total. The average molecular weight is 649 g/mol. The van der Waals surface area contributed by atoms with E-state index in [1.54, 1.807) is 47.7 Å². The molecule has 0 saturated heterocycles. The highest BCUT2D eigenvalue weighted by atomic mass is 32.2. The van der Waals surface area contributed by atoms with Crippen LogP contribution in [0, 0.1) is 17.0 Å². The van der Waals surface area contributed by atoms with Gasteiger partial charge in [-0.3, -0.25) is 14.5 Å². The Balaban J connectivity index is 1.33. The number of rotatable bonds is 8. The first-order chi connectivity index (χ1) is 21.9. The third kappa shape index (κ3) is 5.01. The lowest BCUT2D eigenvalue weighted by atomic mass is 9.60. The number of aromatic nitrogens is 5. The highest BCUT2D eigenvalue weighted by Gasteiger charge is 2.55. The van der Waals surface area contributed by atoms with E-state index in [1.807, 2.05) is 13.0 Å². The van der Waals surface area contributed by atoms with Crippen LogP contribution in [0.4, 0.5) is 8.78 Å². The largest absolute Gasteiger partial charge is 0.378 e. The molecule has 0 aliphatic heterocycles. The molecular formula is C33H34F2N6O4S. The standard InChI is InChI=1S/C33H34F2N6O4S/c1-32(45-3)17-27(18-32)41(46(43,44)30-11-13-39(2)38-30)26-7-4-22-14-29-21(20-37-40(29)25-8-5-23(34)6-9-25)16-33(22,19-26)31(42)28-15-24(35)10-12-36-28/h5-6,8-15,20,26-27H,4,7,16-19H2,1-3H3/t26-,27-,32+,33-/m0/s1. The van der Waals surface area contributed by atoms with E-state index in [9.17, 15) is 22.0 Å². The van der Waals surface area contributed by atoms with Crippen molar-refractivity contribution in [2.75, 3.05) is 7.11 Å². The Morgan fingerprint density at radius 2 is 1.83 bits per heavy atom. The van der Waals surface area contributed by atoms with Crippen molar-refractivity contribution in [2.24, 2.45) is 12.5 Å². The number of pyridine rings is 1. The smallest absolute Gasteiger partial charge is 0.262 e. The topological polar surface area (TPSA) is 112 Å². The van der Waals surface area contributed by atoms with Gasteiger partial charge in [0.25, 0.3) is 10.0 Å². The molecule has 7 rings (SSSR count). The van der Waals surface area contributed by atoms with Gasteiger partial charge >= 0.3 is 0 Å². The van der Waals surface area contributed by atoms with Crippen LogP contribution in [-0.4, -0.2) is 67.8 Å². The Morgan fingerprint density at radius 1 is 1.07 bits per heavy atom. The van der Waals surface area contributed by atoms with E-state index in [0.29, 0.717) is 31.4 Å². The number of nitrogens with zero attached hydrogens (tertiary/aromatic N) is 6. The number of halogens is 2. The number of sulfonamides is 1. The van der Waals surface area contributed by atoms with E-state index >= 15 is 0 Å². The fourth-order valence-electron chi connectivity index (χ4n) is 7.48. The lowest BCUT2D eigenvalue weighted by molar-refractivity contribution is -0.0976. The Kier molecular flexibility index (Phi) is 7.33. The summed E-state index contributed by atoms with van der Waals surface area (Å²) in [6.45, 7) is 1.96. The molecule has 0 N–H and O–H groups in total. The molecule has 2 saturated carbocycles. The monoisotopic (exact) mass is 648 g/mol. The van der Waals surface area contributed by atoms with Crippen molar-refractivity contribution in [3.05, 3.63) is 95.2 Å². The van der Waals surface area contributed by atoms with Crippen LogP contribution in [-0.2, 0) is 28.2 Å². The van der Waals surface area contributed by atoms with Gasteiger partial charge in [-0.1, -0.05) is 5.57 Å². The second-order valence-electron chi connectivity index (χ2n) is 12.8. The molecule has 3 aliphatic carbocycles. The predicted octanol–water partition coefficient (Wildman–Crippen LogP) is 4.90. The minimum Gasteiger partial charge on any atom is -0.378 e. The molecule has 0 amide bonds. The van der Waals surface area contributed by atoms with Gasteiger partial charge in [0, 0.05) is 44.7 Å². The number of aryl methyl sites for hydroxylation is 1. The number of hydrogen-bond acceptors (Lipinski definition) is 7. The highest BCUT2D eigenvalue weighted by molar-refractivity contribution is 7.89. The number of carbonyl (C=O) groups is 1. The summed E-state index contributed by atoms with van der Waals surface area (Å²) in [6.07, 6.45) is 8.74. The average Bonchev–Trinajstić information content (AvgIpc) is 3.65. The van der Waals surface area contributed by atoms with Gasteiger partial charge in [0.2, 0.25) is 0 Å². The molecule has 2 atom stereocenters. The lowest BCUT2D eigenvalue weighted by Gasteiger charge is -2.53. The molecule has 4 aromatic rings. The van der Waals surface area contributed by atoms with Crippen molar-refractivity contribution in [2.45, 2.75) is 68.2 Å². The number of Topliss-reactive ketones (excluding diaryl/α,β-unsaturated/α-hetero) is 1. The van der Waals surface area contributed by atoms with Gasteiger partial charge in [-0.25, -0.2) is 21.9 Å². The Hall–Kier alpha value is -4.07. The first kappa shape index (κ1) is 30.6. The number of carbonyl (C=O) groups excluding carboxylic acids is 1. The van der Waals surface area contributed by atoms with E-state index in [2.05, 4.69) is 15.2 Å². The number of fused-ring (bicyclic) bond motifs is 2. The van der Waals surface area contributed by atoms with Crippen LogP contribution in [0.3, 0.4) is 0 Å².